The van der Waals surface area contributed by atoms with Crippen molar-refractivity contribution in [2.75, 3.05) is 19.7 Å². The maximum absolute atomic E-state index is 12.0. The van der Waals surface area contributed by atoms with Gasteiger partial charge in [-0.25, -0.2) is 0 Å². The summed E-state index contributed by atoms with van der Waals surface area (Å²) < 4.78 is 5.55. The van der Waals surface area contributed by atoms with Gasteiger partial charge in [-0.15, -0.1) is 12.4 Å². The second kappa shape index (κ2) is 9.77. The fourth-order valence-corrected chi connectivity index (χ4v) is 2.81. The number of carbonyl (C=O) groups excluding carboxylic acids is 1. The van der Waals surface area contributed by atoms with E-state index in [2.05, 4.69) is 5.32 Å². The zero-order valence-corrected chi connectivity index (χ0v) is 13.1. The van der Waals surface area contributed by atoms with Gasteiger partial charge in [-0.2, -0.15) is 0 Å². The van der Waals surface area contributed by atoms with E-state index in [-0.39, 0.29) is 24.2 Å². The highest BCUT2D eigenvalue weighted by atomic mass is 35.5. The van der Waals surface area contributed by atoms with Crippen molar-refractivity contribution in [3.8, 4) is 0 Å². The Balaban J connectivity index is 0.00000220. The number of hydrogen-bond acceptors (Lipinski definition) is 3. The number of amides is 1. The van der Waals surface area contributed by atoms with E-state index in [9.17, 15) is 4.79 Å². The molecule has 2 rings (SSSR count). The molecule has 3 N–H and O–H groups in total. The summed E-state index contributed by atoms with van der Waals surface area (Å²) in [5.41, 5.74) is 6.85. The molecule has 1 aliphatic rings. The van der Waals surface area contributed by atoms with Gasteiger partial charge in [0.15, 0.2) is 0 Å². The Morgan fingerprint density at radius 1 is 1.29 bits per heavy atom. The van der Waals surface area contributed by atoms with Gasteiger partial charge in [0.1, 0.15) is 0 Å². The Morgan fingerprint density at radius 2 is 2.05 bits per heavy atom. The molecule has 21 heavy (non-hydrogen) atoms. The zero-order chi connectivity index (χ0) is 14.2. The largest absolute Gasteiger partial charge is 0.375 e. The molecule has 0 bridgehead atoms. The summed E-state index contributed by atoms with van der Waals surface area (Å²) in [5, 5.41) is 2.96. The van der Waals surface area contributed by atoms with E-state index >= 15 is 0 Å². The predicted molar refractivity (Wildman–Crippen MR) is 86.2 cm³/mol. The number of rotatable bonds is 7. The summed E-state index contributed by atoms with van der Waals surface area (Å²) in [7, 11) is 0. The van der Waals surface area contributed by atoms with Crippen LogP contribution >= 0.6 is 12.4 Å². The van der Waals surface area contributed by atoms with Crippen LogP contribution in [-0.2, 0) is 16.1 Å². The number of carbonyl (C=O) groups is 1. The third-order valence-electron chi connectivity index (χ3n) is 3.96. The fraction of sp³-hybridized carbons (Fsp3) is 0.562. The van der Waals surface area contributed by atoms with Crippen LogP contribution in [0.25, 0.3) is 0 Å². The van der Waals surface area contributed by atoms with E-state index < -0.39 is 0 Å². The monoisotopic (exact) mass is 312 g/mol. The molecule has 0 spiro atoms. The maximum Gasteiger partial charge on any atom is 0.223 e. The smallest absolute Gasteiger partial charge is 0.223 e. The Kier molecular flexibility index (Phi) is 8.35. The van der Waals surface area contributed by atoms with Gasteiger partial charge >= 0.3 is 0 Å². The molecular formula is C16H25ClN2O2. The van der Waals surface area contributed by atoms with Crippen molar-refractivity contribution in [2.24, 2.45) is 17.6 Å². The number of benzene rings is 1. The Bertz CT molecular complexity index is 414. The molecule has 0 unspecified atom stereocenters. The van der Waals surface area contributed by atoms with Gasteiger partial charge in [-0.3, -0.25) is 4.79 Å². The molecule has 1 fully saturated rings. The second-order valence-corrected chi connectivity index (χ2v) is 5.36. The van der Waals surface area contributed by atoms with Gasteiger partial charge in [0, 0.05) is 12.5 Å². The highest BCUT2D eigenvalue weighted by Crippen LogP contribution is 2.30. The van der Waals surface area contributed by atoms with E-state index in [1.54, 1.807) is 0 Å². The van der Waals surface area contributed by atoms with Crippen LogP contribution in [0.2, 0.25) is 0 Å². The molecule has 1 saturated carbocycles. The second-order valence-electron chi connectivity index (χ2n) is 5.36. The van der Waals surface area contributed by atoms with E-state index in [4.69, 9.17) is 10.5 Å². The third kappa shape index (κ3) is 5.65. The van der Waals surface area contributed by atoms with Gasteiger partial charge in [-0.05, 0) is 30.9 Å². The standard InChI is InChI=1S/C16H24N2O2.ClH/c17-11-14-7-4-8-15(14)16(19)18-9-10-20-12-13-5-2-1-3-6-13;/h1-3,5-6,14-15H,4,7-12,17H2,(H,18,19);1H/t14-,15-;/m1./s1. The van der Waals surface area contributed by atoms with Gasteiger partial charge in [-0.1, -0.05) is 36.8 Å². The Hall–Kier alpha value is -1.10. The molecule has 0 saturated heterocycles. The first-order valence-electron chi connectivity index (χ1n) is 7.40. The van der Waals surface area contributed by atoms with Crippen LogP contribution in [-0.4, -0.2) is 25.6 Å². The first-order chi connectivity index (χ1) is 9.81. The van der Waals surface area contributed by atoms with Crippen LogP contribution in [0.5, 0.6) is 0 Å². The summed E-state index contributed by atoms with van der Waals surface area (Å²) in [6.07, 6.45) is 3.17. The molecule has 1 amide bonds. The lowest BCUT2D eigenvalue weighted by Gasteiger charge is -2.17. The van der Waals surface area contributed by atoms with Crippen LogP contribution in [0.15, 0.2) is 30.3 Å². The number of nitrogens with two attached hydrogens (primary N) is 1. The van der Waals surface area contributed by atoms with E-state index in [1.165, 1.54) is 0 Å². The molecule has 0 heterocycles. The predicted octanol–water partition coefficient (Wildman–Crippen LogP) is 2.12. The lowest BCUT2D eigenvalue weighted by atomic mass is 9.95. The van der Waals surface area contributed by atoms with Crippen molar-refractivity contribution in [3.63, 3.8) is 0 Å². The molecular weight excluding hydrogens is 288 g/mol. The molecule has 1 aliphatic carbocycles. The normalized spacial score (nSPS) is 20.8. The molecule has 1 aromatic rings. The van der Waals surface area contributed by atoms with Crippen molar-refractivity contribution in [2.45, 2.75) is 25.9 Å². The van der Waals surface area contributed by atoms with Crippen molar-refractivity contribution in [1.82, 2.24) is 5.32 Å². The number of halogens is 1. The highest BCUT2D eigenvalue weighted by molar-refractivity contribution is 5.85. The summed E-state index contributed by atoms with van der Waals surface area (Å²) in [6.45, 7) is 2.31. The van der Waals surface area contributed by atoms with Crippen LogP contribution in [0.1, 0.15) is 24.8 Å². The van der Waals surface area contributed by atoms with Crippen molar-refractivity contribution >= 4 is 18.3 Å². The van der Waals surface area contributed by atoms with E-state index in [1.807, 2.05) is 30.3 Å². The first kappa shape index (κ1) is 18.0. The van der Waals surface area contributed by atoms with Crippen LogP contribution in [0, 0.1) is 11.8 Å². The van der Waals surface area contributed by atoms with Crippen LogP contribution < -0.4 is 11.1 Å². The van der Waals surface area contributed by atoms with Crippen LogP contribution in [0.4, 0.5) is 0 Å². The Morgan fingerprint density at radius 3 is 2.76 bits per heavy atom. The molecule has 2 atom stereocenters. The average molecular weight is 313 g/mol. The summed E-state index contributed by atoms with van der Waals surface area (Å²) in [4.78, 5) is 12.0. The molecule has 0 aliphatic heterocycles. The van der Waals surface area contributed by atoms with Crippen LogP contribution in [0.3, 0.4) is 0 Å². The lowest BCUT2D eigenvalue weighted by Crippen LogP contribution is -2.36. The van der Waals surface area contributed by atoms with E-state index in [0.717, 1.165) is 24.8 Å². The topological polar surface area (TPSA) is 64.4 Å². The molecule has 4 nitrogen and oxygen atoms in total. The summed E-state index contributed by atoms with van der Waals surface area (Å²) in [5.74, 6) is 0.607. The first-order valence-corrected chi connectivity index (χ1v) is 7.40. The van der Waals surface area contributed by atoms with Crippen molar-refractivity contribution < 1.29 is 9.53 Å². The molecule has 1 aromatic carbocycles. The minimum absolute atomic E-state index is 0. The molecule has 0 radical (unpaired) electrons. The number of nitrogens with one attached hydrogen (secondary N) is 1. The Labute approximate surface area is 132 Å². The minimum Gasteiger partial charge on any atom is -0.375 e. The minimum atomic E-state index is 0. The fourth-order valence-electron chi connectivity index (χ4n) is 2.81. The molecule has 118 valence electrons. The number of ether oxygens (including phenoxy) is 1. The van der Waals surface area contributed by atoms with Gasteiger partial charge < -0.3 is 15.8 Å². The third-order valence-corrected chi connectivity index (χ3v) is 3.96. The quantitative estimate of drug-likeness (QED) is 0.758. The maximum atomic E-state index is 12.0. The van der Waals surface area contributed by atoms with E-state index in [0.29, 0.717) is 32.2 Å². The SMILES string of the molecule is Cl.NC[C@H]1CCC[C@H]1C(=O)NCCOCc1ccccc1. The van der Waals surface area contributed by atoms with Gasteiger partial charge in [0.25, 0.3) is 0 Å². The molecule has 0 aromatic heterocycles. The zero-order valence-electron chi connectivity index (χ0n) is 12.3. The summed E-state index contributed by atoms with van der Waals surface area (Å²) in [6, 6.07) is 10.0. The summed E-state index contributed by atoms with van der Waals surface area (Å²) >= 11 is 0. The van der Waals surface area contributed by atoms with Crippen molar-refractivity contribution in [3.05, 3.63) is 35.9 Å². The number of hydrogen-bond donors (Lipinski definition) is 2. The molecule has 5 heteroatoms. The highest BCUT2D eigenvalue weighted by Gasteiger charge is 2.31. The lowest BCUT2D eigenvalue weighted by molar-refractivity contribution is -0.126. The average Bonchev–Trinajstić information content (AvgIpc) is 2.96. The van der Waals surface area contributed by atoms with Gasteiger partial charge in [0.2, 0.25) is 5.91 Å². The van der Waals surface area contributed by atoms with Crippen molar-refractivity contribution in [1.29, 1.82) is 0 Å². The van der Waals surface area contributed by atoms with Gasteiger partial charge in [0.05, 0.1) is 13.2 Å².